The van der Waals surface area contributed by atoms with Gasteiger partial charge in [0.1, 0.15) is 12.1 Å². The highest BCUT2D eigenvalue weighted by molar-refractivity contribution is 5.95. The SMILES string of the molecule is O=C(Cc1cccc(C(F)(F)F)c1F)Nc1cnc(-n2cnc(N3CC(O)CC3=O)c2)c(F)c1. The van der Waals surface area contributed by atoms with Crippen molar-refractivity contribution < 1.29 is 36.6 Å². The van der Waals surface area contributed by atoms with Gasteiger partial charge >= 0.3 is 6.18 Å². The number of aliphatic hydroxyl groups excluding tert-OH is 1. The number of aliphatic hydroxyl groups is 1. The average molecular weight is 481 g/mol. The molecule has 13 heteroatoms. The number of hydrogen-bond acceptors (Lipinski definition) is 5. The highest BCUT2D eigenvalue weighted by Gasteiger charge is 2.35. The van der Waals surface area contributed by atoms with Crippen molar-refractivity contribution in [1.29, 1.82) is 0 Å². The fourth-order valence-corrected chi connectivity index (χ4v) is 3.48. The first kappa shape index (κ1) is 23.3. The van der Waals surface area contributed by atoms with E-state index in [0.29, 0.717) is 6.07 Å². The summed E-state index contributed by atoms with van der Waals surface area (Å²) in [4.78, 5) is 33.2. The minimum atomic E-state index is -4.91. The molecule has 1 saturated heterocycles. The van der Waals surface area contributed by atoms with Gasteiger partial charge in [0.25, 0.3) is 0 Å². The summed E-state index contributed by atoms with van der Waals surface area (Å²) in [5.74, 6) is -3.63. The molecule has 1 aliphatic heterocycles. The van der Waals surface area contributed by atoms with Crippen molar-refractivity contribution in [3.63, 3.8) is 0 Å². The van der Waals surface area contributed by atoms with E-state index >= 15 is 0 Å². The zero-order chi connectivity index (χ0) is 24.6. The van der Waals surface area contributed by atoms with Crippen LogP contribution in [0.15, 0.2) is 43.0 Å². The first-order valence-corrected chi connectivity index (χ1v) is 9.85. The molecule has 2 amide bonds. The molecule has 1 unspecified atom stereocenters. The molecule has 0 bridgehead atoms. The second kappa shape index (κ2) is 8.82. The third-order valence-electron chi connectivity index (χ3n) is 5.04. The number of hydrogen-bond donors (Lipinski definition) is 2. The van der Waals surface area contributed by atoms with Gasteiger partial charge in [-0.15, -0.1) is 0 Å². The Kier molecular flexibility index (Phi) is 6.04. The maximum atomic E-state index is 14.6. The first-order valence-electron chi connectivity index (χ1n) is 9.85. The van der Waals surface area contributed by atoms with Gasteiger partial charge in [-0.1, -0.05) is 12.1 Å². The van der Waals surface area contributed by atoms with Crippen molar-refractivity contribution >= 4 is 23.3 Å². The molecule has 3 heterocycles. The number of carbonyl (C=O) groups excluding carboxylic acids is 2. The maximum absolute atomic E-state index is 14.6. The lowest BCUT2D eigenvalue weighted by Crippen LogP contribution is -2.25. The highest BCUT2D eigenvalue weighted by Crippen LogP contribution is 2.32. The number of β-amino-alcohol motifs (C(OH)–C–C–N with tert-alkyl or cyclic N) is 1. The van der Waals surface area contributed by atoms with E-state index in [4.69, 9.17) is 0 Å². The predicted octanol–water partition coefficient (Wildman–Crippen LogP) is 2.84. The third-order valence-corrected chi connectivity index (χ3v) is 5.04. The number of halogens is 5. The molecule has 1 aromatic carbocycles. The zero-order valence-electron chi connectivity index (χ0n) is 17.2. The summed E-state index contributed by atoms with van der Waals surface area (Å²) in [5.41, 5.74) is -2.05. The van der Waals surface area contributed by atoms with Crippen molar-refractivity contribution in [2.75, 3.05) is 16.8 Å². The molecule has 0 radical (unpaired) electrons. The number of nitrogens with one attached hydrogen (secondary N) is 1. The average Bonchev–Trinajstić information content (AvgIpc) is 3.34. The topological polar surface area (TPSA) is 100 Å². The number of anilines is 2. The molecule has 1 atom stereocenters. The van der Waals surface area contributed by atoms with Crippen LogP contribution < -0.4 is 10.2 Å². The summed E-state index contributed by atoms with van der Waals surface area (Å²) in [6.07, 6.45) is -2.82. The molecule has 178 valence electrons. The van der Waals surface area contributed by atoms with Gasteiger partial charge in [0, 0.05) is 6.07 Å². The summed E-state index contributed by atoms with van der Waals surface area (Å²) in [6, 6.07) is 3.53. The number of aromatic nitrogens is 3. The lowest BCUT2D eigenvalue weighted by atomic mass is 10.1. The molecule has 2 N–H and O–H groups in total. The van der Waals surface area contributed by atoms with Crippen LogP contribution in [0.1, 0.15) is 17.5 Å². The lowest BCUT2D eigenvalue weighted by Gasteiger charge is -2.12. The number of imidazole rings is 1. The van der Waals surface area contributed by atoms with E-state index in [-0.39, 0.29) is 36.2 Å². The number of amides is 2. The Labute approximate surface area is 188 Å². The Morgan fingerprint density at radius 3 is 2.65 bits per heavy atom. The lowest BCUT2D eigenvalue weighted by molar-refractivity contribution is -0.140. The van der Waals surface area contributed by atoms with Gasteiger partial charge in [-0.05, 0) is 11.6 Å². The van der Waals surface area contributed by atoms with Gasteiger partial charge in [0.2, 0.25) is 11.8 Å². The van der Waals surface area contributed by atoms with Crippen LogP contribution in [0.3, 0.4) is 0 Å². The fraction of sp³-hybridized carbons (Fsp3) is 0.238. The van der Waals surface area contributed by atoms with Crippen molar-refractivity contribution in [3.05, 3.63) is 65.7 Å². The number of alkyl halides is 3. The van der Waals surface area contributed by atoms with Crippen molar-refractivity contribution in [3.8, 4) is 5.82 Å². The van der Waals surface area contributed by atoms with Crippen LogP contribution in [0, 0.1) is 11.6 Å². The molecule has 4 rings (SSSR count). The number of rotatable bonds is 5. The molecule has 1 fully saturated rings. The Morgan fingerprint density at radius 2 is 2.00 bits per heavy atom. The van der Waals surface area contributed by atoms with E-state index in [1.165, 1.54) is 22.0 Å². The Morgan fingerprint density at radius 1 is 1.24 bits per heavy atom. The predicted molar refractivity (Wildman–Crippen MR) is 108 cm³/mol. The fourth-order valence-electron chi connectivity index (χ4n) is 3.48. The Balaban J connectivity index is 1.46. The van der Waals surface area contributed by atoms with Gasteiger partial charge in [-0.3, -0.25) is 19.1 Å². The van der Waals surface area contributed by atoms with Gasteiger partial charge in [-0.2, -0.15) is 13.2 Å². The van der Waals surface area contributed by atoms with Crippen molar-refractivity contribution in [2.24, 2.45) is 0 Å². The smallest absolute Gasteiger partial charge is 0.391 e. The van der Waals surface area contributed by atoms with E-state index < -0.39 is 47.4 Å². The van der Waals surface area contributed by atoms with Crippen LogP contribution >= 0.6 is 0 Å². The number of benzene rings is 1. The minimum absolute atomic E-state index is 0.0434. The monoisotopic (exact) mass is 481 g/mol. The quantitative estimate of drug-likeness (QED) is 0.546. The summed E-state index contributed by atoms with van der Waals surface area (Å²) in [5, 5.41) is 11.8. The van der Waals surface area contributed by atoms with E-state index in [1.54, 1.807) is 0 Å². The molecule has 2 aromatic heterocycles. The highest BCUT2D eigenvalue weighted by atomic mass is 19.4. The van der Waals surface area contributed by atoms with Crippen LogP contribution in [0.25, 0.3) is 5.82 Å². The Hall–Kier alpha value is -3.87. The minimum Gasteiger partial charge on any atom is -0.391 e. The van der Waals surface area contributed by atoms with Crippen molar-refractivity contribution in [1.82, 2.24) is 14.5 Å². The molecule has 8 nitrogen and oxygen atoms in total. The standard InChI is InChI=1S/C21H16F5N5O3/c22-15-5-12(29-17(33)4-11-2-1-3-14(19(11)23)21(24,25)26)7-27-20(15)30-9-16(28-10-30)31-8-13(32)6-18(31)34/h1-3,5,7,9-10,13,32H,4,6,8H2,(H,29,33). The van der Waals surface area contributed by atoms with E-state index in [9.17, 15) is 36.6 Å². The maximum Gasteiger partial charge on any atom is 0.419 e. The first-order chi connectivity index (χ1) is 16.0. The molecule has 34 heavy (non-hydrogen) atoms. The largest absolute Gasteiger partial charge is 0.419 e. The van der Waals surface area contributed by atoms with E-state index in [0.717, 1.165) is 24.4 Å². The molecule has 0 spiro atoms. The summed E-state index contributed by atoms with van der Waals surface area (Å²) in [6.45, 7) is 0.0587. The van der Waals surface area contributed by atoms with Gasteiger partial charge in [0.05, 0.1) is 49.1 Å². The second-order valence-electron chi connectivity index (χ2n) is 7.53. The molecule has 0 aliphatic carbocycles. The third kappa shape index (κ3) is 4.73. The molecular formula is C21H16F5N5O3. The van der Waals surface area contributed by atoms with Gasteiger partial charge in [0.15, 0.2) is 17.5 Å². The molecule has 3 aromatic rings. The van der Waals surface area contributed by atoms with Crippen LogP contribution in [-0.4, -0.2) is 44.1 Å². The molecular weight excluding hydrogens is 465 g/mol. The van der Waals surface area contributed by atoms with Gasteiger partial charge in [-0.25, -0.2) is 18.7 Å². The van der Waals surface area contributed by atoms with E-state index in [1.807, 2.05) is 0 Å². The van der Waals surface area contributed by atoms with Gasteiger partial charge < -0.3 is 10.4 Å². The molecule has 1 aliphatic rings. The van der Waals surface area contributed by atoms with Crippen LogP contribution in [-0.2, 0) is 22.2 Å². The second-order valence-corrected chi connectivity index (χ2v) is 7.53. The normalized spacial score (nSPS) is 16.2. The summed E-state index contributed by atoms with van der Waals surface area (Å²) >= 11 is 0. The van der Waals surface area contributed by atoms with Crippen LogP contribution in [0.5, 0.6) is 0 Å². The van der Waals surface area contributed by atoms with Crippen LogP contribution in [0.4, 0.5) is 33.5 Å². The number of carbonyl (C=O) groups is 2. The summed E-state index contributed by atoms with van der Waals surface area (Å²) in [7, 11) is 0. The molecule has 0 saturated carbocycles. The number of nitrogens with zero attached hydrogens (tertiary/aromatic N) is 4. The van der Waals surface area contributed by atoms with Crippen molar-refractivity contribution in [2.45, 2.75) is 25.1 Å². The van der Waals surface area contributed by atoms with E-state index in [2.05, 4.69) is 15.3 Å². The zero-order valence-corrected chi connectivity index (χ0v) is 17.2. The number of pyridine rings is 1. The Bertz CT molecular complexity index is 1260. The van der Waals surface area contributed by atoms with Crippen LogP contribution in [0.2, 0.25) is 0 Å². The summed E-state index contributed by atoms with van der Waals surface area (Å²) < 4.78 is 68.4.